The summed E-state index contributed by atoms with van der Waals surface area (Å²) in [6, 6.07) is 1.51. The maximum atomic E-state index is 4.62. The lowest BCUT2D eigenvalue weighted by Gasteiger charge is -2.43. The Balaban J connectivity index is 1.71. The third-order valence-electron chi connectivity index (χ3n) is 5.31. The molecule has 0 aromatic carbocycles. The molecule has 0 bridgehead atoms. The van der Waals surface area contributed by atoms with E-state index in [4.69, 9.17) is 0 Å². The average Bonchev–Trinajstić information content (AvgIpc) is 3.11. The Morgan fingerprint density at radius 3 is 2.95 bits per heavy atom. The average molecular weight is 323 g/mol. The van der Waals surface area contributed by atoms with Crippen molar-refractivity contribution >= 4 is 11.8 Å². The zero-order valence-corrected chi connectivity index (χ0v) is 15.1. The summed E-state index contributed by atoms with van der Waals surface area (Å²) in [6.45, 7) is 10.2. The van der Waals surface area contributed by atoms with Gasteiger partial charge in [0.15, 0.2) is 0 Å². The summed E-state index contributed by atoms with van der Waals surface area (Å²) < 4.78 is 2.08. The zero-order valence-electron chi connectivity index (χ0n) is 14.3. The summed E-state index contributed by atoms with van der Waals surface area (Å²) in [6.07, 6.45) is 8.56. The van der Waals surface area contributed by atoms with Crippen molar-refractivity contribution in [3.8, 4) is 0 Å². The molecule has 2 atom stereocenters. The molecule has 4 nitrogen and oxygen atoms in total. The number of aromatic nitrogens is 2. The van der Waals surface area contributed by atoms with Crippen molar-refractivity contribution in [3.05, 3.63) is 17.5 Å². The van der Waals surface area contributed by atoms with Gasteiger partial charge in [-0.2, -0.15) is 16.9 Å². The molecular weight excluding hydrogens is 292 g/mol. The first-order chi connectivity index (χ1) is 10.7. The van der Waals surface area contributed by atoms with E-state index in [1.165, 1.54) is 55.9 Å². The molecular formula is C17H30N4S. The number of hydrogen-bond donors (Lipinski definition) is 0. The van der Waals surface area contributed by atoms with Crippen LogP contribution in [-0.4, -0.2) is 63.3 Å². The predicted octanol–water partition coefficient (Wildman–Crippen LogP) is 2.61. The summed E-state index contributed by atoms with van der Waals surface area (Å²) in [5.41, 5.74) is 2.63. The molecule has 22 heavy (non-hydrogen) atoms. The van der Waals surface area contributed by atoms with Crippen LogP contribution in [0.3, 0.4) is 0 Å². The molecule has 124 valence electrons. The van der Waals surface area contributed by atoms with E-state index in [-0.39, 0.29) is 0 Å². The molecule has 2 aliphatic heterocycles. The van der Waals surface area contributed by atoms with Crippen molar-refractivity contribution in [2.75, 3.05) is 31.6 Å². The predicted molar refractivity (Wildman–Crippen MR) is 94.4 cm³/mol. The molecule has 0 spiro atoms. The van der Waals surface area contributed by atoms with Gasteiger partial charge in [-0.1, -0.05) is 0 Å². The summed E-state index contributed by atoms with van der Waals surface area (Å²) >= 11 is 1.98. The summed E-state index contributed by atoms with van der Waals surface area (Å²) in [4.78, 5) is 5.48. The Morgan fingerprint density at radius 1 is 1.36 bits per heavy atom. The van der Waals surface area contributed by atoms with Gasteiger partial charge >= 0.3 is 0 Å². The van der Waals surface area contributed by atoms with Gasteiger partial charge in [0.25, 0.3) is 0 Å². The minimum absolute atomic E-state index is 0.714. The van der Waals surface area contributed by atoms with Crippen LogP contribution < -0.4 is 0 Å². The number of aryl methyl sites for hydroxylation is 2. The van der Waals surface area contributed by atoms with Crippen molar-refractivity contribution in [2.24, 2.45) is 0 Å². The lowest BCUT2D eigenvalue weighted by atomic mass is 10.0. The van der Waals surface area contributed by atoms with Crippen LogP contribution in [0.1, 0.15) is 37.4 Å². The van der Waals surface area contributed by atoms with Gasteiger partial charge in [0.05, 0.1) is 5.69 Å². The number of piperazine rings is 1. The van der Waals surface area contributed by atoms with Crippen LogP contribution in [0.4, 0.5) is 0 Å². The highest BCUT2D eigenvalue weighted by Gasteiger charge is 2.36. The Kier molecular flexibility index (Phi) is 5.47. The molecule has 0 N–H and O–H groups in total. The molecule has 0 unspecified atom stereocenters. The van der Waals surface area contributed by atoms with Crippen LogP contribution in [0, 0.1) is 6.92 Å². The highest BCUT2D eigenvalue weighted by Crippen LogP contribution is 2.28. The Bertz CT molecular complexity index is 487. The number of hydrogen-bond acceptors (Lipinski definition) is 4. The Hall–Kier alpha value is -0.520. The van der Waals surface area contributed by atoms with Crippen molar-refractivity contribution < 1.29 is 0 Å². The standard InChI is InChI=1S/C17H30N4S/c1-4-21-11-15(14(2)18-21)10-20-13-16-6-5-8-19(16)12-17(20)7-9-22-3/h11,16-17H,4-10,12-13H2,1-3H3/t16-,17-/m0/s1. The van der Waals surface area contributed by atoms with E-state index >= 15 is 0 Å². The van der Waals surface area contributed by atoms with E-state index in [0.717, 1.165) is 19.1 Å². The molecule has 2 saturated heterocycles. The number of thioether (sulfide) groups is 1. The molecule has 5 heteroatoms. The Labute approximate surface area is 139 Å². The van der Waals surface area contributed by atoms with Crippen molar-refractivity contribution in [3.63, 3.8) is 0 Å². The van der Waals surface area contributed by atoms with Crippen LogP contribution in [-0.2, 0) is 13.1 Å². The smallest absolute Gasteiger partial charge is 0.0638 e. The van der Waals surface area contributed by atoms with Crippen LogP contribution >= 0.6 is 11.8 Å². The SMILES string of the molecule is CCn1cc(CN2C[C@@H]3CCCN3C[C@@H]2CCSC)c(C)n1. The molecule has 3 rings (SSSR count). The second-order valence-corrected chi connectivity index (χ2v) is 7.74. The van der Waals surface area contributed by atoms with Crippen LogP contribution in [0.25, 0.3) is 0 Å². The van der Waals surface area contributed by atoms with Gasteiger partial charge < -0.3 is 0 Å². The van der Waals surface area contributed by atoms with Gasteiger partial charge in [0, 0.05) is 50.0 Å². The molecule has 0 radical (unpaired) electrons. The fourth-order valence-electron chi connectivity index (χ4n) is 3.96. The molecule has 1 aromatic heterocycles. The molecule has 2 aliphatic rings. The number of rotatable bonds is 6. The molecule has 0 aliphatic carbocycles. The lowest BCUT2D eigenvalue weighted by molar-refractivity contribution is 0.0441. The third-order valence-corrected chi connectivity index (χ3v) is 5.95. The molecule has 3 heterocycles. The van der Waals surface area contributed by atoms with Crippen LogP contribution in [0.15, 0.2) is 6.20 Å². The fourth-order valence-corrected chi connectivity index (χ4v) is 4.47. The summed E-state index contributed by atoms with van der Waals surface area (Å²) in [7, 11) is 0. The first-order valence-corrected chi connectivity index (χ1v) is 10.1. The van der Waals surface area contributed by atoms with Gasteiger partial charge in [0.2, 0.25) is 0 Å². The largest absolute Gasteiger partial charge is 0.298 e. The molecule has 0 amide bonds. The first-order valence-electron chi connectivity index (χ1n) is 8.71. The van der Waals surface area contributed by atoms with Gasteiger partial charge in [0.1, 0.15) is 0 Å². The molecule has 0 saturated carbocycles. The topological polar surface area (TPSA) is 24.3 Å². The van der Waals surface area contributed by atoms with Gasteiger partial charge in [-0.3, -0.25) is 14.5 Å². The zero-order chi connectivity index (χ0) is 15.5. The van der Waals surface area contributed by atoms with Gasteiger partial charge in [-0.05, 0) is 51.7 Å². The van der Waals surface area contributed by atoms with E-state index in [9.17, 15) is 0 Å². The van der Waals surface area contributed by atoms with Crippen LogP contribution in [0.5, 0.6) is 0 Å². The monoisotopic (exact) mass is 322 g/mol. The Morgan fingerprint density at radius 2 is 2.23 bits per heavy atom. The van der Waals surface area contributed by atoms with Gasteiger partial charge in [-0.25, -0.2) is 0 Å². The van der Waals surface area contributed by atoms with Crippen molar-refractivity contribution in [1.29, 1.82) is 0 Å². The van der Waals surface area contributed by atoms with E-state index in [2.05, 4.69) is 45.9 Å². The number of fused-ring (bicyclic) bond motifs is 1. The third kappa shape index (κ3) is 3.52. The van der Waals surface area contributed by atoms with Crippen molar-refractivity contribution in [2.45, 2.75) is 58.3 Å². The second kappa shape index (κ2) is 7.37. The number of nitrogens with zero attached hydrogens (tertiary/aromatic N) is 4. The fraction of sp³-hybridized carbons (Fsp3) is 0.824. The van der Waals surface area contributed by atoms with Crippen molar-refractivity contribution in [1.82, 2.24) is 19.6 Å². The van der Waals surface area contributed by atoms with Gasteiger partial charge in [-0.15, -0.1) is 0 Å². The maximum Gasteiger partial charge on any atom is 0.0638 e. The van der Waals surface area contributed by atoms with E-state index in [1.54, 1.807) is 0 Å². The quantitative estimate of drug-likeness (QED) is 0.803. The van der Waals surface area contributed by atoms with E-state index in [1.807, 2.05) is 11.8 Å². The van der Waals surface area contributed by atoms with Crippen LogP contribution in [0.2, 0.25) is 0 Å². The highest BCUT2D eigenvalue weighted by atomic mass is 32.2. The minimum atomic E-state index is 0.714. The summed E-state index contributed by atoms with van der Waals surface area (Å²) in [5, 5.41) is 4.62. The normalized spacial score (nSPS) is 26.5. The maximum absolute atomic E-state index is 4.62. The minimum Gasteiger partial charge on any atom is -0.298 e. The van der Waals surface area contributed by atoms with E-state index < -0.39 is 0 Å². The first kappa shape index (κ1) is 16.3. The molecule has 2 fully saturated rings. The molecule has 1 aromatic rings. The van der Waals surface area contributed by atoms with E-state index in [0.29, 0.717) is 6.04 Å². The summed E-state index contributed by atoms with van der Waals surface area (Å²) in [5.74, 6) is 1.27. The highest BCUT2D eigenvalue weighted by molar-refractivity contribution is 7.98. The lowest BCUT2D eigenvalue weighted by Crippen LogP contribution is -2.55. The second-order valence-electron chi connectivity index (χ2n) is 6.75.